The zero-order chi connectivity index (χ0) is 21.4. The Morgan fingerprint density at radius 1 is 1.23 bits per heavy atom. The number of hydrogen-bond donors (Lipinski definition) is 0. The lowest BCUT2D eigenvalue weighted by molar-refractivity contribution is 0.0884. The molecule has 1 aliphatic carbocycles. The van der Waals surface area contributed by atoms with Crippen molar-refractivity contribution < 1.29 is 0 Å². The van der Waals surface area contributed by atoms with E-state index in [-0.39, 0.29) is 5.92 Å². The van der Waals surface area contributed by atoms with Crippen molar-refractivity contribution in [2.45, 2.75) is 38.3 Å². The van der Waals surface area contributed by atoms with Gasteiger partial charge in [0.25, 0.3) is 0 Å². The molecule has 0 atom stereocenters. The lowest BCUT2D eigenvalue weighted by Gasteiger charge is -2.43. The summed E-state index contributed by atoms with van der Waals surface area (Å²) in [5, 5.41) is 28.6. The van der Waals surface area contributed by atoms with E-state index < -0.39 is 5.54 Å². The van der Waals surface area contributed by atoms with Gasteiger partial charge in [-0.2, -0.15) is 20.7 Å². The number of rotatable bonds is 5. The molecule has 0 radical (unpaired) electrons. The van der Waals surface area contributed by atoms with Gasteiger partial charge in [-0.25, -0.2) is 4.98 Å². The van der Waals surface area contributed by atoms with Crippen molar-refractivity contribution >= 4 is 10.9 Å². The number of nitrogens with zero attached hydrogens (tertiary/aromatic N) is 8. The highest BCUT2D eigenvalue weighted by atomic mass is 15.3. The van der Waals surface area contributed by atoms with E-state index in [0.717, 1.165) is 40.1 Å². The maximum Gasteiger partial charge on any atom is 0.111 e. The highest BCUT2D eigenvalue weighted by Crippen LogP contribution is 2.46. The van der Waals surface area contributed by atoms with Crippen LogP contribution in [-0.2, 0) is 12.1 Å². The van der Waals surface area contributed by atoms with Gasteiger partial charge < -0.3 is 0 Å². The van der Waals surface area contributed by atoms with E-state index in [1.54, 1.807) is 12.4 Å². The van der Waals surface area contributed by atoms with Crippen molar-refractivity contribution in [2.75, 3.05) is 0 Å². The normalized spacial score (nSPS) is 20.2. The summed E-state index contributed by atoms with van der Waals surface area (Å²) in [4.78, 5) is 9.45. The Morgan fingerprint density at radius 3 is 2.84 bits per heavy atom. The molecule has 4 aromatic heterocycles. The molecule has 0 saturated heterocycles. The average molecular weight is 408 g/mol. The summed E-state index contributed by atoms with van der Waals surface area (Å²) < 4.78 is 3.72. The molecule has 4 heterocycles. The third-order valence-corrected chi connectivity index (χ3v) is 6.01. The van der Waals surface area contributed by atoms with Crippen LogP contribution in [0.25, 0.3) is 33.5 Å². The topological polar surface area (TPSA) is 109 Å². The first-order valence-electron chi connectivity index (χ1n) is 10.3. The molecule has 4 aromatic rings. The monoisotopic (exact) mass is 408 g/mol. The molecule has 8 heteroatoms. The Labute approximate surface area is 179 Å². The summed E-state index contributed by atoms with van der Waals surface area (Å²) in [7, 11) is 0. The Balaban J connectivity index is 1.61. The molecule has 0 bridgehead atoms. The smallest absolute Gasteiger partial charge is 0.111 e. The minimum Gasteiger partial charge on any atom is -0.272 e. The molecule has 1 saturated carbocycles. The highest BCUT2D eigenvalue weighted by Gasteiger charge is 2.46. The summed E-state index contributed by atoms with van der Waals surface area (Å²) in [6, 6.07) is 12.3. The fraction of sp³-hybridized carbons (Fsp3) is 0.304. The van der Waals surface area contributed by atoms with Crippen molar-refractivity contribution in [2.24, 2.45) is 5.92 Å². The van der Waals surface area contributed by atoms with Gasteiger partial charge in [0.15, 0.2) is 0 Å². The number of aromatic nitrogens is 6. The molecule has 0 amide bonds. The van der Waals surface area contributed by atoms with Crippen LogP contribution in [-0.4, -0.2) is 29.5 Å². The van der Waals surface area contributed by atoms with Crippen LogP contribution in [0.4, 0.5) is 0 Å². The summed E-state index contributed by atoms with van der Waals surface area (Å²) in [6.45, 7) is 2.83. The number of hydrogen-bond acceptors (Lipinski definition) is 6. The van der Waals surface area contributed by atoms with E-state index in [1.165, 1.54) is 0 Å². The van der Waals surface area contributed by atoms with Crippen LogP contribution in [0.15, 0.2) is 49.1 Å². The predicted octanol–water partition coefficient (Wildman–Crippen LogP) is 3.92. The summed E-state index contributed by atoms with van der Waals surface area (Å²) in [5.74, 6) is -0.0254. The van der Waals surface area contributed by atoms with E-state index in [9.17, 15) is 10.5 Å². The van der Waals surface area contributed by atoms with Gasteiger partial charge >= 0.3 is 0 Å². The largest absolute Gasteiger partial charge is 0.272 e. The van der Waals surface area contributed by atoms with Crippen LogP contribution >= 0.6 is 0 Å². The fourth-order valence-corrected chi connectivity index (χ4v) is 4.31. The van der Waals surface area contributed by atoms with Crippen molar-refractivity contribution in [3.63, 3.8) is 0 Å². The van der Waals surface area contributed by atoms with Crippen molar-refractivity contribution in [3.8, 4) is 34.8 Å². The Morgan fingerprint density at radius 2 is 2.10 bits per heavy atom. The second-order valence-corrected chi connectivity index (χ2v) is 7.95. The molecule has 1 fully saturated rings. The maximum absolute atomic E-state index is 9.33. The molecule has 0 aliphatic heterocycles. The van der Waals surface area contributed by atoms with E-state index in [0.29, 0.717) is 19.3 Å². The molecule has 0 unspecified atom stereocenters. The SMILES string of the molecule is CCn1cc(-c2cc3ncccc3c(-c3ccn([C@]4(CC#N)C[C@@H](C#N)C4)n3)n2)cn1. The third kappa shape index (κ3) is 3.13. The van der Waals surface area contributed by atoms with E-state index >= 15 is 0 Å². The third-order valence-electron chi connectivity index (χ3n) is 6.01. The molecule has 152 valence electrons. The van der Waals surface area contributed by atoms with Crippen molar-refractivity contribution in [3.05, 3.63) is 49.1 Å². The average Bonchev–Trinajstić information content (AvgIpc) is 3.45. The number of nitriles is 2. The van der Waals surface area contributed by atoms with Gasteiger partial charge in [-0.15, -0.1) is 0 Å². The first-order chi connectivity index (χ1) is 15.2. The van der Waals surface area contributed by atoms with Crippen LogP contribution in [0.5, 0.6) is 0 Å². The number of aryl methyl sites for hydroxylation is 1. The van der Waals surface area contributed by atoms with Gasteiger partial charge in [-0.1, -0.05) is 0 Å². The Hall–Kier alpha value is -4.04. The van der Waals surface area contributed by atoms with Crippen LogP contribution in [0.2, 0.25) is 0 Å². The van der Waals surface area contributed by atoms with Gasteiger partial charge in [0.2, 0.25) is 0 Å². The second kappa shape index (κ2) is 7.33. The van der Waals surface area contributed by atoms with Gasteiger partial charge in [0.05, 0.1) is 47.4 Å². The lowest BCUT2D eigenvalue weighted by Crippen LogP contribution is -2.46. The summed E-state index contributed by atoms with van der Waals surface area (Å²) >= 11 is 0. The molecule has 31 heavy (non-hydrogen) atoms. The molecule has 0 N–H and O–H groups in total. The van der Waals surface area contributed by atoms with Gasteiger partial charge in [-0.05, 0) is 44.0 Å². The molecule has 8 nitrogen and oxygen atoms in total. The van der Waals surface area contributed by atoms with Crippen LogP contribution < -0.4 is 0 Å². The molecular formula is C23H20N8. The predicted molar refractivity (Wildman–Crippen MR) is 114 cm³/mol. The van der Waals surface area contributed by atoms with Crippen molar-refractivity contribution in [1.82, 2.24) is 29.5 Å². The number of fused-ring (bicyclic) bond motifs is 1. The molecule has 1 aliphatic rings. The summed E-state index contributed by atoms with van der Waals surface area (Å²) in [6.07, 6.45) is 9.06. The van der Waals surface area contributed by atoms with E-state index in [1.807, 2.05) is 52.9 Å². The van der Waals surface area contributed by atoms with Gasteiger partial charge in [0, 0.05) is 36.1 Å². The van der Waals surface area contributed by atoms with E-state index in [2.05, 4.69) is 22.2 Å². The Bertz CT molecular complexity index is 1340. The zero-order valence-electron chi connectivity index (χ0n) is 17.1. The lowest BCUT2D eigenvalue weighted by atomic mass is 9.67. The fourth-order valence-electron chi connectivity index (χ4n) is 4.31. The highest BCUT2D eigenvalue weighted by molar-refractivity contribution is 5.93. The standard InChI is InChI=1S/C23H20N8/c1-2-30-15-17(14-27-30)20-10-21-18(4-3-8-26-21)22(28-20)19-5-9-31(29-19)23(6-7-24)11-16(12-23)13-25/h3-5,8-10,14-16H,2,6,11-12H2,1H3/t16-,23-. The van der Waals surface area contributed by atoms with Crippen LogP contribution in [0.3, 0.4) is 0 Å². The first kappa shape index (κ1) is 19.0. The van der Waals surface area contributed by atoms with Gasteiger partial charge in [0.1, 0.15) is 11.4 Å². The second-order valence-electron chi connectivity index (χ2n) is 7.95. The van der Waals surface area contributed by atoms with E-state index in [4.69, 9.17) is 10.1 Å². The number of pyridine rings is 2. The quantitative estimate of drug-likeness (QED) is 0.495. The molecule has 0 aromatic carbocycles. The van der Waals surface area contributed by atoms with Crippen LogP contribution in [0, 0.1) is 28.6 Å². The molecular weight excluding hydrogens is 388 g/mol. The minimum atomic E-state index is -0.415. The van der Waals surface area contributed by atoms with Crippen LogP contribution in [0.1, 0.15) is 26.2 Å². The maximum atomic E-state index is 9.33. The zero-order valence-corrected chi connectivity index (χ0v) is 17.1. The minimum absolute atomic E-state index is 0.0254. The molecule has 0 spiro atoms. The summed E-state index contributed by atoms with van der Waals surface area (Å²) in [5.41, 5.74) is 3.59. The van der Waals surface area contributed by atoms with Crippen molar-refractivity contribution in [1.29, 1.82) is 10.5 Å². The Kier molecular flexibility index (Phi) is 4.48. The van der Waals surface area contributed by atoms with Gasteiger partial charge in [-0.3, -0.25) is 14.3 Å². The molecule has 5 rings (SSSR count). The first-order valence-corrected chi connectivity index (χ1v) is 10.3.